The largest absolute Gasteiger partial charge is 0.356 e. The molecule has 0 fully saturated rings. The first-order valence-corrected chi connectivity index (χ1v) is 4.73. The Hall–Kier alpha value is -0.790. The number of unbranched alkanes of at least 4 members (excludes halogenated alkanes) is 1. The van der Waals surface area contributed by atoms with Gasteiger partial charge in [0.15, 0.2) is 0 Å². The lowest BCUT2D eigenvalue weighted by molar-refractivity contribution is -0.120. The van der Waals surface area contributed by atoms with Crippen molar-refractivity contribution in [2.24, 2.45) is 0 Å². The van der Waals surface area contributed by atoms with Crippen LogP contribution in [0.15, 0.2) is 12.2 Å². The summed E-state index contributed by atoms with van der Waals surface area (Å²) in [5.41, 5.74) is 0. The molecule has 1 N–H and O–H groups in total. The lowest BCUT2D eigenvalue weighted by atomic mass is 10.2. The molecular weight excluding hydrogens is 150 g/mol. The Balaban J connectivity index is 3.10. The third-order valence-corrected chi connectivity index (χ3v) is 1.59. The zero-order valence-electron chi connectivity index (χ0n) is 8.10. The molecule has 2 nitrogen and oxygen atoms in total. The fourth-order valence-electron chi connectivity index (χ4n) is 0.857. The van der Waals surface area contributed by atoms with Gasteiger partial charge in [0.05, 0.1) is 0 Å². The Kier molecular flexibility index (Phi) is 7.76. The number of amides is 1. The van der Waals surface area contributed by atoms with Crippen LogP contribution in [0.25, 0.3) is 0 Å². The van der Waals surface area contributed by atoms with Crippen LogP contribution in [0.1, 0.15) is 39.5 Å². The standard InChI is InChI=1S/C10H19NO/c1-3-5-6-7-8-9-11-10(12)4-2/h5-6H,3-4,7-9H2,1-2H3,(H,11,12)/b6-5+. The maximum absolute atomic E-state index is 10.8. The van der Waals surface area contributed by atoms with E-state index >= 15 is 0 Å². The molecule has 0 aliphatic rings. The molecule has 0 aromatic heterocycles. The van der Waals surface area contributed by atoms with Gasteiger partial charge in [0, 0.05) is 13.0 Å². The average molecular weight is 169 g/mol. The van der Waals surface area contributed by atoms with E-state index in [4.69, 9.17) is 0 Å². The number of hydrogen-bond acceptors (Lipinski definition) is 1. The minimum absolute atomic E-state index is 0.148. The quantitative estimate of drug-likeness (QED) is 0.479. The summed E-state index contributed by atoms with van der Waals surface area (Å²) in [6, 6.07) is 0. The van der Waals surface area contributed by atoms with Gasteiger partial charge in [-0.3, -0.25) is 4.79 Å². The third kappa shape index (κ3) is 7.32. The summed E-state index contributed by atoms with van der Waals surface area (Å²) in [5.74, 6) is 0.148. The van der Waals surface area contributed by atoms with Crippen LogP contribution in [-0.2, 0) is 4.79 Å². The molecule has 0 aromatic carbocycles. The molecule has 12 heavy (non-hydrogen) atoms. The Morgan fingerprint density at radius 1 is 1.33 bits per heavy atom. The third-order valence-electron chi connectivity index (χ3n) is 1.59. The van der Waals surface area contributed by atoms with Gasteiger partial charge in [0.2, 0.25) is 5.91 Å². The highest BCUT2D eigenvalue weighted by Gasteiger charge is 1.92. The monoisotopic (exact) mass is 169 g/mol. The molecule has 0 atom stereocenters. The first-order chi connectivity index (χ1) is 5.81. The van der Waals surface area contributed by atoms with Gasteiger partial charge in [-0.15, -0.1) is 0 Å². The van der Waals surface area contributed by atoms with Crippen molar-refractivity contribution in [2.45, 2.75) is 39.5 Å². The molecule has 1 amide bonds. The van der Waals surface area contributed by atoms with Crippen molar-refractivity contribution < 1.29 is 4.79 Å². The number of nitrogens with one attached hydrogen (secondary N) is 1. The first-order valence-electron chi connectivity index (χ1n) is 4.73. The van der Waals surface area contributed by atoms with Crippen molar-refractivity contribution in [3.8, 4) is 0 Å². The molecule has 2 heteroatoms. The zero-order chi connectivity index (χ0) is 9.23. The van der Waals surface area contributed by atoms with E-state index in [0.29, 0.717) is 6.42 Å². The fourth-order valence-corrected chi connectivity index (χ4v) is 0.857. The fraction of sp³-hybridized carbons (Fsp3) is 0.700. The van der Waals surface area contributed by atoms with Crippen LogP contribution in [0.3, 0.4) is 0 Å². The van der Waals surface area contributed by atoms with Crippen LogP contribution in [0.4, 0.5) is 0 Å². The SMILES string of the molecule is CC/C=C/CCCNC(=O)CC. The molecule has 70 valence electrons. The van der Waals surface area contributed by atoms with E-state index in [0.717, 1.165) is 25.8 Å². The maximum atomic E-state index is 10.8. The van der Waals surface area contributed by atoms with Crippen LogP contribution in [0.5, 0.6) is 0 Å². The van der Waals surface area contributed by atoms with Gasteiger partial charge in [-0.05, 0) is 19.3 Å². The minimum Gasteiger partial charge on any atom is -0.356 e. The van der Waals surface area contributed by atoms with Crippen molar-refractivity contribution in [3.05, 3.63) is 12.2 Å². The summed E-state index contributed by atoms with van der Waals surface area (Å²) in [6.45, 7) is 4.79. The van der Waals surface area contributed by atoms with E-state index in [1.165, 1.54) is 0 Å². The summed E-state index contributed by atoms with van der Waals surface area (Å²) < 4.78 is 0. The zero-order valence-corrected chi connectivity index (χ0v) is 8.10. The first kappa shape index (κ1) is 11.2. The van der Waals surface area contributed by atoms with E-state index < -0.39 is 0 Å². The highest BCUT2D eigenvalue weighted by atomic mass is 16.1. The van der Waals surface area contributed by atoms with Crippen LogP contribution < -0.4 is 5.32 Å². The van der Waals surface area contributed by atoms with Gasteiger partial charge in [-0.1, -0.05) is 26.0 Å². The van der Waals surface area contributed by atoms with Gasteiger partial charge in [0.1, 0.15) is 0 Å². The molecule has 0 saturated heterocycles. The van der Waals surface area contributed by atoms with E-state index in [1.54, 1.807) is 0 Å². The number of hydrogen-bond donors (Lipinski definition) is 1. The van der Waals surface area contributed by atoms with Gasteiger partial charge < -0.3 is 5.32 Å². The van der Waals surface area contributed by atoms with E-state index in [1.807, 2.05) is 6.92 Å². The van der Waals surface area contributed by atoms with E-state index in [2.05, 4.69) is 24.4 Å². The van der Waals surface area contributed by atoms with E-state index in [9.17, 15) is 4.79 Å². The van der Waals surface area contributed by atoms with Gasteiger partial charge >= 0.3 is 0 Å². The summed E-state index contributed by atoms with van der Waals surface area (Å²) >= 11 is 0. The number of carbonyl (C=O) groups excluding carboxylic acids is 1. The summed E-state index contributed by atoms with van der Waals surface area (Å²) in [7, 11) is 0. The highest BCUT2D eigenvalue weighted by molar-refractivity contribution is 5.75. The molecule has 0 saturated carbocycles. The molecule has 0 heterocycles. The van der Waals surface area contributed by atoms with Crippen molar-refractivity contribution in [1.29, 1.82) is 0 Å². The second-order valence-electron chi connectivity index (χ2n) is 2.73. The highest BCUT2D eigenvalue weighted by Crippen LogP contribution is 1.91. The second-order valence-corrected chi connectivity index (χ2v) is 2.73. The lowest BCUT2D eigenvalue weighted by Crippen LogP contribution is -2.22. The minimum atomic E-state index is 0.148. The van der Waals surface area contributed by atoms with Crippen molar-refractivity contribution in [2.75, 3.05) is 6.54 Å². The summed E-state index contributed by atoms with van der Waals surface area (Å²) in [6.07, 6.45) is 8.12. The lowest BCUT2D eigenvalue weighted by Gasteiger charge is -2.00. The topological polar surface area (TPSA) is 29.1 Å². The second kappa shape index (κ2) is 8.31. The van der Waals surface area contributed by atoms with Crippen molar-refractivity contribution in [1.82, 2.24) is 5.32 Å². The normalized spacial score (nSPS) is 10.5. The Labute approximate surface area is 75.0 Å². The Bertz CT molecular complexity index is 141. The number of carbonyl (C=O) groups is 1. The van der Waals surface area contributed by atoms with Crippen molar-refractivity contribution in [3.63, 3.8) is 0 Å². The number of allylic oxidation sites excluding steroid dienone is 2. The molecule has 0 bridgehead atoms. The maximum Gasteiger partial charge on any atom is 0.219 e. The predicted molar refractivity (Wildman–Crippen MR) is 52.0 cm³/mol. The molecular formula is C10H19NO. The smallest absolute Gasteiger partial charge is 0.219 e. The van der Waals surface area contributed by atoms with Crippen LogP contribution >= 0.6 is 0 Å². The van der Waals surface area contributed by atoms with Crippen LogP contribution in [0.2, 0.25) is 0 Å². The molecule has 0 spiro atoms. The van der Waals surface area contributed by atoms with Gasteiger partial charge in [-0.2, -0.15) is 0 Å². The Morgan fingerprint density at radius 3 is 2.67 bits per heavy atom. The van der Waals surface area contributed by atoms with E-state index in [-0.39, 0.29) is 5.91 Å². The van der Waals surface area contributed by atoms with Gasteiger partial charge in [0.25, 0.3) is 0 Å². The van der Waals surface area contributed by atoms with Crippen LogP contribution in [0, 0.1) is 0 Å². The predicted octanol–water partition coefficient (Wildman–Crippen LogP) is 2.26. The molecule has 0 unspecified atom stereocenters. The molecule has 0 aliphatic carbocycles. The number of rotatable bonds is 6. The molecule has 0 rings (SSSR count). The summed E-state index contributed by atoms with van der Waals surface area (Å²) in [4.78, 5) is 10.8. The molecule has 0 aliphatic heterocycles. The van der Waals surface area contributed by atoms with Crippen LogP contribution in [-0.4, -0.2) is 12.5 Å². The summed E-state index contributed by atoms with van der Waals surface area (Å²) in [5, 5.41) is 2.84. The molecule has 0 radical (unpaired) electrons. The average Bonchev–Trinajstić information content (AvgIpc) is 2.10. The van der Waals surface area contributed by atoms with Gasteiger partial charge in [-0.25, -0.2) is 0 Å². The Morgan fingerprint density at radius 2 is 2.08 bits per heavy atom. The van der Waals surface area contributed by atoms with Crippen molar-refractivity contribution >= 4 is 5.91 Å². The molecule has 0 aromatic rings.